The first-order valence-corrected chi connectivity index (χ1v) is 6.83. The fourth-order valence-electron chi connectivity index (χ4n) is 1.96. The number of esters is 1. The lowest BCUT2D eigenvalue weighted by Crippen LogP contribution is -2.31. The molecule has 1 aliphatic rings. The molecule has 0 aromatic carbocycles. The molecule has 2 N–H and O–H groups in total. The van der Waals surface area contributed by atoms with Crippen molar-refractivity contribution in [1.29, 1.82) is 0 Å². The molecule has 0 unspecified atom stereocenters. The van der Waals surface area contributed by atoms with E-state index in [9.17, 15) is 9.59 Å². The molecule has 1 fully saturated rings. The van der Waals surface area contributed by atoms with Crippen molar-refractivity contribution < 1.29 is 19.1 Å². The molecule has 1 amide bonds. The quantitative estimate of drug-likeness (QED) is 0.827. The molecule has 104 valence electrons. The summed E-state index contributed by atoms with van der Waals surface area (Å²) in [5, 5.41) is 0.939. The van der Waals surface area contributed by atoms with Gasteiger partial charge in [-0.1, -0.05) is 0 Å². The van der Waals surface area contributed by atoms with E-state index in [4.69, 9.17) is 15.2 Å². The normalized spacial score (nSPS) is 22.4. The lowest BCUT2D eigenvalue weighted by atomic mass is 10.2. The van der Waals surface area contributed by atoms with E-state index in [1.807, 2.05) is 13.8 Å². The van der Waals surface area contributed by atoms with E-state index in [-0.39, 0.29) is 6.61 Å². The summed E-state index contributed by atoms with van der Waals surface area (Å²) in [7, 11) is 0. The third-order valence-electron chi connectivity index (χ3n) is 2.95. The Morgan fingerprint density at radius 3 is 2.63 bits per heavy atom. The molecule has 0 saturated carbocycles. The maximum Gasteiger partial charge on any atom is 0.335 e. The molecule has 1 aromatic heterocycles. The Bertz CT molecular complexity index is 500. The molecule has 0 radical (unpaired) electrons. The van der Waals surface area contributed by atoms with Gasteiger partial charge in [-0.25, -0.2) is 9.78 Å². The third kappa shape index (κ3) is 3.30. The Morgan fingerprint density at radius 1 is 1.42 bits per heavy atom. The van der Waals surface area contributed by atoms with Crippen LogP contribution in [-0.2, 0) is 25.7 Å². The van der Waals surface area contributed by atoms with Crippen molar-refractivity contribution in [3.63, 3.8) is 0 Å². The number of amides is 1. The van der Waals surface area contributed by atoms with Crippen LogP contribution in [0.5, 0.6) is 0 Å². The van der Waals surface area contributed by atoms with Crippen molar-refractivity contribution in [2.24, 2.45) is 5.73 Å². The van der Waals surface area contributed by atoms with Crippen LogP contribution in [0, 0.1) is 13.8 Å². The van der Waals surface area contributed by atoms with Crippen molar-refractivity contribution in [3.8, 4) is 0 Å². The number of nitrogens with zero attached hydrogens (tertiary/aromatic N) is 1. The van der Waals surface area contributed by atoms with E-state index in [1.54, 1.807) is 11.3 Å². The van der Waals surface area contributed by atoms with Crippen LogP contribution >= 0.6 is 11.3 Å². The summed E-state index contributed by atoms with van der Waals surface area (Å²) in [6.45, 7) is 3.97. The van der Waals surface area contributed by atoms with Crippen LogP contribution in [0.3, 0.4) is 0 Å². The van der Waals surface area contributed by atoms with E-state index in [0.29, 0.717) is 12.8 Å². The molecule has 0 bridgehead atoms. The predicted octanol–water partition coefficient (Wildman–Crippen LogP) is 0.836. The molecule has 1 aliphatic heterocycles. The van der Waals surface area contributed by atoms with E-state index in [2.05, 4.69) is 4.98 Å². The maximum absolute atomic E-state index is 11.8. The van der Waals surface area contributed by atoms with Crippen molar-refractivity contribution >= 4 is 23.2 Å². The lowest BCUT2D eigenvalue weighted by Gasteiger charge is -2.10. The van der Waals surface area contributed by atoms with E-state index < -0.39 is 24.1 Å². The molecule has 2 rings (SSSR count). The number of rotatable bonds is 4. The van der Waals surface area contributed by atoms with Crippen LogP contribution < -0.4 is 5.73 Å². The highest BCUT2D eigenvalue weighted by Gasteiger charge is 2.34. The summed E-state index contributed by atoms with van der Waals surface area (Å²) in [5.41, 5.74) is 5.89. The number of carbonyl (C=O) groups excluding carboxylic acids is 2. The van der Waals surface area contributed by atoms with Gasteiger partial charge in [0, 0.05) is 4.88 Å². The Labute approximate surface area is 114 Å². The van der Waals surface area contributed by atoms with Gasteiger partial charge < -0.3 is 15.2 Å². The Kier molecular flexibility index (Phi) is 4.16. The standard InChI is InChI=1S/C12H16N2O4S/c1-6-8(14-7(2)19-6)5-17-12(16)10-4-3-9(18-10)11(13)15/h9-10H,3-5H2,1-2H3,(H2,13,15)/t9-,10-/m1/s1. The number of thiazole rings is 1. The average Bonchev–Trinajstić information content (AvgIpc) is 2.93. The SMILES string of the molecule is Cc1nc(COC(=O)[C@H]2CC[C@H](C(N)=O)O2)c(C)s1. The van der Waals surface area contributed by atoms with Gasteiger partial charge in [0.15, 0.2) is 6.10 Å². The molecule has 7 heteroatoms. The number of primary amides is 1. The number of nitrogens with two attached hydrogens (primary N) is 1. The summed E-state index contributed by atoms with van der Waals surface area (Å²) >= 11 is 1.56. The smallest absolute Gasteiger partial charge is 0.335 e. The van der Waals surface area contributed by atoms with Gasteiger partial charge >= 0.3 is 5.97 Å². The van der Waals surface area contributed by atoms with Gasteiger partial charge in [-0.2, -0.15) is 0 Å². The second-order valence-corrected chi connectivity index (χ2v) is 5.84. The molecule has 1 saturated heterocycles. The first kappa shape index (κ1) is 14.0. The summed E-state index contributed by atoms with van der Waals surface area (Å²) in [5.74, 6) is -1.00. The van der Waals surface area contributed by atoms with Gasteiger partial charge in [-0.05, 0) is 26.7 Å². The highest BCUT2D eigenvalue weighted by Crippen LogP contribution is 2.22. The number of carbonyl (C=O) groups is 2. The fraction of sp³-hybridized carbons (Fsp3) is 0.583. The van der Waals surface area contributed by atoms with Crippen molar-refractivity contribution in [1.82, 2.24) is 4.98 Å². The van der Waals surface area contributed by atoms with Gasteiger partial charge in [0.2, 0.25) is 5.91 Å². The van der Waals surface area contributed by atoms with E-state index in [1.165, 1.54) is 0 Å². The molecular weight excluding hydrogens is 268 g/mol. The molecule has 2 atom stereocenters. The minimum Gasteiger partial charge on any atom is -0.457 e. The predicted molar refractivity (Wildman–Crippen MR) is 68.5 cm³/mol. The van der Waals surface area contributed by atoms with Crippen LogP contribution in [0.15, 0.2) is 0 Å². The zero-order chi connectivity index (χ0) is 14.0. The molecule has 1 aromatic rings. The number of hydrogen-bond donors (Lipinski definition) is 1. The monoisotopic (exact) mass is 284 g/mol. The Hall–Kier alpha value is -1.47. The topological polar surface area (TPSA) is 91.5 Å². The zero-order valence-electron chi connectivity index (χ0n) is 10.8. The van der Waals surface area contributed by atoms with Gasteiger partial charge in [0.25, 0.3) is 0 Å². The highest BCUT2D eigenvalue weighted by atomic mass is 32.1. The molecular formula is C12H16N2O4S. The van der Waals surface area contributed by atoms with Gasteiger partial charge in [0.05, 0.1) is 10.7 Å². The van der Waals surface area contributed by atoms with Crippen molar-refractivity contribution in [3.05, 3.63) is 15.6 Å². The van der Waals surface area contributed by atoms with Gasteiger partial charge in [-0.15, -0.1) is 11.3 Å². The van der Waals surface area contributed by atoms with E-state index >= 15 is 0 Å². The minimum absolute atomic E-state index is 0.135. The van der Waals surface area contributed by atoms with E-state index in [0.717, 1.165) is 15.6 Å². The second kappa shape index (κ2) is 5.66. The van der Waals surface area contributed by atoms with Crippen molar-refractivity contribution in [2.45, 2.75) is 45.5 Å². The maximum atomic E-state index is 11.8. The fourth-order valence-corrected chi connectivity index (χ4v) is 2.78. The number of ether oxygens (including phenoxy) is 2. The Balaban J connectivity index is 1.85. The molecule has 19 heavy (non-hydrogen) atoms. The summed E-state index contributed by atoms with van der Waals surface area (Å²) < 4.78 is 10.4. The van der Waals surface area contributed by atoms with Crippen LogP contribution in [0.25, 0.3) is 0 Å². The largest absolute Gasteiger partial charge is 0.457 e. The number of aromatic nitrogens is 1. The summed E-state index contributed by atoms with van der Waals surface area (Å²) in [6.07, 6.45) is -0.454. The minimum atomic E-state index is -0.697. The second-order valence-electron chi connectivity index (χ2n) is 4.44. The highest BCUT2D eigenvalue weighted by molar-refractivity contribution is 7.11. The zero-order valence-corrected chi connectivity index (χ0v) is 11.7. The first-order valence-electron chi connectivity index (χ1n) is 6.01. The summed E-state index contributed by atoms with van der Waals surface area (Å²) in [4.78, 5) is 28.0. The Morgan fingerprint density at radius 2 is 2.11 bits per heavy atom. The average molecular weight is 284 g/mol. The molecule has 6 nitrogen and oxygen atoms in total. The first-order chi connectivity index (χ1) is 8.97. The van der Waals surface area contributed by atoms with Crippen LogP contribution in [0.4, 0.5) is 0 Å². The van der Waals surface area contributed by atoms with Crippen LogP contribution in [-0.4, -0.2) is 29.1 Å². The molecule has 0 aliphatic carbocycles. The molecule has 0 spiro atoms. The van der Waals surface area contributed by atoms with Crippen LogP contribution in [0.1, 0.15) is 28.4 Å². The van der Waals surface area contributed by atoms with Gasteiger partial charge in [-0.3, -0.25) is 4.79 Å². The number of hydrogen-bond acceptors (Lipinski definition) is 6. The third-order valence-corrected chi connectivity index (χ3v) is 3.88. The van der Waals surface area contributed by atoms with Crippen LogP contribution in [0.2, 0.25) is 0 Å². The lowest BCUT2D eigenvalue weighted by molar-refractivity contribution is -0.158. The summed E-state index contributed by atoms with van der Waals surface area (Å²) in [6, 6.07) is 0. The van der Waals surface area contributed by atoms with Gasteiger partial charge in [0.1, 0.15) is 12.7 Å². The number of aryl methyl sites for hydroxylation is 2. The van der Waals surface area contributed by atoms with Crippen molar-refractivity contribution in [2.75, 3.05) is 0 Å². The molecule has 2 heterocycles.